The first-order valence-corrected chi connectivity index (χ1v) is 8.02. The standard InChI is InChI=1S/C18H17N5O2/c24-15-1-2-17(25)12(5-15)9-23-4-3-16-14(10-23)8-21-18(22-16)13-6-19-11-20-7-13/h1-2,5-8,11,24-25H,3-4,9-10H2. The summed E-state index contributed by atoms with van der Waals surface area (Å²) < 4.78 is 0. The van der Waals surface area contributed by atoms with Crippen LogP contribution in [0, 0.1) is 0 Å². The van der Waals surface area contributed by atoms with Gasteiger partial charge in [0, 0.05) is 55.8 Å². The smallest absolute Gasteiger partial charge is 0.162 e. The van der Waals surface area contributed by atoms with Crippen molar-refractivity contribution in [2.75, 3.05) is 6.54 Å². The summed E-state index contributed by atoms with van der Waals surface area (Å²) in [7, 11) is 0. The van der Waals surface area contributed by atoms with E-state index in [1.807, 2.05) is 6.20 Å². The van der Waals surface area contributed by atoms with Crippen molar-refractivity contribution < 1.29 is 10.2 Å². The van der Waals surface area contributed by atoms with Gasteiger partial charge in [0.15, 0.2) is 5.82 Å². The van der Waals surface area contributed by atoms with Gasteiger partial charge in [0.2, 0.25) is 0 Å². The predicted octanol–water partition coefficient (Wildman–Crippen LogP) is 1.90. The van der Waals surface area contributed by atoms with Gasteiger partial charge in [-0.25, -0.2) is 19.9 Å². The molecule has 2 aromatic heterocycles. The lowest BCUT2D eigenvalue weighted by molar-refractivity contribution is 0.239. The minimum absolute atomic E-state index is 0.156. The number of phenolic OH excluding ortho intramolecular Hbond substituents is 2. The molecule has 0 fully saturated rings. The molecule has 0 bridgehead atoms. The fourth-order valence-corrected chi connectivity index (χ4v) is 3.00. The molecule has 0 saturated heterocycles. The lowest BCUT2D eigenvalue weighted by Gasteiger charge is -2.28. The zero-order valence-electron chi connectivity index (χ0n) is 13.5. The number of hydrogen-bond acceptors (Lipinski definition) is 7. The van der Waals surface area contributed by atoms with Crippen LogP contribution in [0.2, 0.25) is 0 Å². The number of phenols is 2. The Morgan fingerprint density at radius 3 is 2.76 bits per heavy atom. The number of rotatable bonds is 3. The van der Waals surface area contributed by atoms with Crippen molar-refractivity contribution in [1.82, 2.24) is 24.8 Å². The Kier molecular flexibility index (Phi) is 3.99. The predicted molar refractivity (Wildman–Crippen MR) is 90.6 cm³/mol. The van der Waals surface area contributed by atoms with Gasteiger partial charge in [0.05, 0.1) is 11.3 Å². The van der Waals surface area contributed by atoms with E-state index in [0.29, 0.717) is 24.5 Å². The molecule has 25 heavy (non-hydrogen) atoms. The summed E-state index contributed by atoms with van der Waals surface area (Å²) in [5.74, 6) is 0.987. The average molecular weight is 335 g/mol. The topological polar surface area (TPSA) is 95.3 Å². The van der Waals surface area contributed by atoms with Crippen molar-refractivity contribution in [3.05, 3.63) is 59.9 Å². The van der Waals surface area contributed by atoms with E-state index in [2.05, 4.69) is 24.8 Å². The molecule has 0 radical (unpaired) electrons. The molecule has 7 heteroatoms. The van der Waals surface area contributed by atoms with Crippen molar-refractivity contribution in [2.24, 2.45) is 0 Å². The van der Waals surface area contributed by atoms with E-state index in [-0.39, 0.29) is 11.5 Å². The van der Waals surface area contributed by atoms with Crippen LogP contribution in [0.1, 0.15) is 16.8 Å². The number of benzene rings is 1. The number of aromatic nitrogens is 4. The summed E-state index contributed by atoms with van der Waals surface area (Å²) >= 11 is 0. The second-order valence-electron chi connectivity index (χ2n) is 6.07. The van der Waals surface area contributed by atoms with Crippen molar-refractivity contribution in [2.45, 2.75) is 19.5 Å². The molecular formula is C18H17N5O2. The van der Waals surface area contributed by atoms with Crippen molar-refractivity contribution >= 4 is 0 Å². The third-order valence-electron chi connectivity index (χ3n) is 4.29. The Labute approximate surface area is 144 Å². The second kappa shape index (κ2) is 6.45. The quantitative estimate of drug-likeness (QED) is 0.706. The minimum atomic E-state index is 0.156. The molecular weight excluding hydrogens is 318 g/mol. The number of nitrogens with zero attached hydrogens (tertiary/aromatic N) is 5. The van der Waals surface area contributed by atoms with Crippen LogP contribution in [0.15, 0.2) is 43.1 Å². The number of fused-ring (bicyclic) bond motifs is 1. The lowest BCUT2D eigenvalue weighted by atomic mass is 10.1. The molecule has 0 aliphatic carbocycles. The molecule has 126 valence electrons. The molecule has 0 atom stereocenters. The molecule has 7 nitrogen and oxygen atoms in total. The number of aromatic hydroxyl groups is 2. The Bertz CT molecular complexity index is 901. The highest BCUT2D eigenvalue weighted by atomic mass is 16.3. The van der Waals surface area contributed by atoms with Crippen LogP contribution in [0.5, 0.6) is 11.5 Å². The first-order valence-electron chi connectivity index (χ1n) is 8.02. The summed E-state index contributed by atoms with van der Waals surface area (Å²) in [5, 5.41) is 19.6. The van der Waals surface area contributed by atoms with Gasteiger partial charge in [0.25, 0.3) is 0 Å². The van der Waals surface area contributed by atoms with Gasteiger partial charge in [-0.3, -0.25) is 4.90 Å². The van der Waals surface area contributed by atoms with Gasteiger partial charge in [0.1, 0.15) is 17.8 Å². The van der Waals surface area contributed by atoms with E-state index in [9.17, 15) is 10.2 Å². The van der Waals surface area contributed by atoms with Crippen LogP contribution in [0.4, 0.5) is 0 Å². The molecule has 4 rings (SSSR count). The van der Waals surface area contributed by atoms with E-state index in [0.717, 1.165) is 29.8 Å². The molecule has 1 aliphatic heterocycles. The summed E-state index contributed by atoms with van der Waals surface area (Å²) in [6, 6.07) is 4.59. The molecule has 0 unspecified atom stereocenters. The molecule has 3 aromatic rings. The SMILES string of the molecule is Oc1ccc(O)c(CN2CCc3nc(-c4cncnc4)ncc3C2)c1. The van der Waals surface area contributed by atoms with E-state index < -0.39 is 0 Å². The van der Waals surface area contributed by atoms with Crippen LogP contribution in [-0.2, 0) is 19.5 Å². The summed E-state index contributed by atoms with van der Waals surface area (Å²) in [6.07, 6.45) is 7.54. The van der Waals surface area contributed by atoms with Crippen LogP contribution in [-0.4, -0.2) is 41.6 Å². The third kappa shape index (κ3) is 3.27. The van der Waals surface area contributed by atoms with Gasteiger partial charge in [-0.15, -0.1) is 0 Å². The molecule has 0 spiro atoms. The van der Waals surface area contributed by atoms with Gasteiger partial charge in [-0.1, -0.05) is 0 Å². The first kappa shape index (κ1) is 15.5. The minimum Gasteiger partial charge on any atom is -0.508 e. The molecule has 0 saturated carbocycles. The van der Waals surface area contributed by atoms with E-state index in [1.54, 1.807) is 18.5 Å². The monoisotopic (exact) mass is 335 g/mol. The lowest BCUT2D eigenvalue weighted by Crippen LogP contribution is -2.31. The Hall–Kier alpha value is -3.06. The molecule has 3 heterocycles. The highest BCUT2D eigenvalue weighted by Crippen LogP contribution is 2.26. The van der Waals surface area contributed by atoms with Gasteiger partial charge < -0.3 is 10.2 Å². The summed E-state index contributed by atoms with van der Waals surface area (Å²) in [6.45, 7) is 2.09. The highest BCUT2D eigenvalue weighted by Gasteiger charge is 2.20. The fraction of sp³-hybridized carbons (Fsp3) is 0.222. The van der Waals surface area contributed by atoms with Crippen molar-refractivity contribution in [3.8, 4) is 22.9 Å². The normalized spacial score (nSPS) is 14.2. The molecule has 2 N–H and O–H groups in total. The maximum atomic E-state index is 9.95. The Morgan fingerprint density at radius 2 is 1.92 bits per heavy atom. The van der Waals surface area contributed by atoms with E-state index in [1.165, 1.54) is 18.5 Å². The Morgan fingerprint density at radius 1 is 1.08 bits per heavy atom. The first-order chi connectivity index (χ1) is 12.2. The maximum Gasteiger partial charge on any atom is 0.162 e. The maximum absolute atomic E-state index is 9.95. The second-order valence-corrected chi connectivity index (χ2v) is 6.07. The average Bonchev–Trinajstić information content (AvgIpc) is 2.65. The zero-order valence-corrected chi connectivity index (χ0v) is 13.5. The fourth-order valence-electron chi connectivity index (χ4n) is 3.00. The van der Waals surface area contributed by atoms with Crippen molar-refractivity contribution in [3.63, 3.8) is 0 Å². The molecule has 0 amide bonds. The third-order valence-corrected chi connectivity index (χ3v) is 4.29. The van der Waals surface area contributed by atoms with Crippen LogP contribution in [0.3, 0.4) is 0 Å². The van der Waals surface area contributed by atoms with Crippen LogP contribution >= 0.6 is 0 Å². The molecule has 1 aromatic carbocycles. The summed E-state index contributed by atoms with van der Waals surface area (Å²) in [5.41, 5.74) is 3.62. The van der Waals surface area contributed by atoms with Gasteiger partial charge in [-0.2, -0.15) is 0 Å². The number of hydrogen-bond donors (Lipinski definition) is 2. The van der Waals surface area contributed by atoms with Gasteiger partial charge in [-0.05, 0) is 18.2 Å². The highest BCUT2D eigenvalue weighted by molar-refractivity contribution is 5.52. The van der Waals surface area contributed by atoms with E-state index in [4.69, 9.17) is 0 Å². The molecule has 1 aliphatic rings. The van der Waals surface area contributed by atoms with Gasteiger partial charge >= 0.3 is 0 Å². The van der Waals surface area contributed by atoms with Crippen LogP contribution in [0.25, 0.3) is 11.4 Å². The Balaban J connectivity index is 1.53. The van der Waals surface area contributed by atoms with Crippen LogP contribution < -0.4 is 0 Å². The van der Waals surface area contributed by atoms with Crippen molar-refractivity contribution in [1.29, 1.82) is 0 Å². The largest absolute Gasteiger partial charge is 0.508 e. The zero-order chi connectivity index (χ0) is 17.2. The van der Waals surface area contributed by atoms with E-state index >= 15 is 0 Å². The summed E-state index contributed by atoms with van der Waals surface area (Å²) in [4.78, 5) is 19.3.